The van der Waals surface area contributed by atoms with Crippen LogP contribution in [0.25, 0.3) is 0 Å². The van der Waals surface area contributed by atoms with Crippen molar-refractivity contribution in [1.29, 1.82) is 0 Å². The summed E-state index contributed by atoms with van der Waals surface area (Å²) in [6.07, 6.45) is 1.90. The molecule has 4 heteroatoms. The van der Waals surface area contributed by atoms with E-state index in [4.69, 9.17) is 9.47 Å². The van der Waals surface area contributed by atoms with Crippen molar-refractivity contribution < 1.29 is 13.9 Å². The molecule has 1 fully saturated rings. The quantitative estimate of drug-likeness (QED) is 0.917. The number of nitrogens with one attached hydrogen (secondary N) is 1. The number of benzene rings is 1. The maximum Gasteiger partial charge on any atom is 0.131 e. The average molecular weight is 281 g/mol. The van der Waals surface area contributed by atoms with Gasteiger partial charge in [0.15, 0.2) is 0 Å². The summed E-state index contributed by atoms with van der Waals surface area (Å²) in [5, 5.41) is 3.51. The van der Waals surface area contributed by atoms with Crippen LogP contribution in [0, 0.1) is 5.82 Å². The first-order chi connectivity index (χ1) is 9.41. The highest BCUT2D eigenvalue weighted by atomic mass is 19.1. The van der Waals surface area contributed by atoms with E-state index in [1.807, 2.05) is 6.92 Å². The van der Waals surface area contributed by atoms with Gasteiger partial charge >= 0.3 is 0 Å². The Labute approximate surface area is 120 Å². The van der Waals surface area contributed by atoms with Gasteiger partial charge in [-0.3, -0.25) is 0 Å². The monoisotopic (exact) mass is 281 g/mol. The van der Waals surface area contributed by atoms with Crippen molar-refractivity contribution in [2.75, 3.05) is 13.7 Å². The molecule has 20 heavy (non-hydrogen) atoms. The highest BCUT2D eigenvalue weighted by Crippen LogP contribution is 2.27. The Morgan fingerprint density at radius 3 is 2.80 bits per heavy atom. The lowest BCUT2D eigenvalue weighted by Crippen LogP contribution is -2.44. The number of ether oxygens (including phenoxy) is 2. The minimum absolute atomic E-state index is 0.0280. The van der Waals surface area contributed by atoms with Crippen LogP contribution in [0.3, 0.4) is 0 Å². The number of hydrogen-bond donors (Lipinski definition) is 1. The molecule has 1 aromatic rings. The van der Waals surface area contributed by atoms with Gasteiger partial charge in [0.1, 0.15) is 11.6 Å². The van der Waals surface area contributed by atoms with E-state index in [0.29, 0.717) is 17.4 Å². The van der Waals surface area contributed by atoms with Crippen molar-refractivity contribution in [2.45, 2.75) is 51.3 Å². The molecule has 1 aliphatic rings. The summed E-state index contributed by atoms with van der Waals surface area (Å²) >= 11 is 0. The van der Waals surface area contributed by atoms with Crippen molar-refractivity contribution in [3.8, 4) is 5.75 Å². The molecule has 2 rings (SSSR count). The Balaban J connectivity index is 2.02. The second-order valence-corrected chi connectivity index (χ2v) is 6.07. The average Bonchev–Trinajstić information content (AvgIpc) is 2.37. The highest BCUT2D eigenvalue weighted by molar-refractivity contribution is 5.30. The predicted octanol–water partition coefficient (Wildman–Crippen LogP) is 3.44. The minimum Gasteiger partial charge on any atom is -0.497 e. The molecule has 0 aliphatic carbocycles. The van der Waals surface area contributed by atoms with Crippen molar-refractivity contribution in [2.24, 2.45) is 0 Å². The van der Waals surface area contributed by atoms with Crippen LogP contribution in [0.2, 0.25) is 0 Å². The summed E-state index contributed by atoms with van der Waals surface area (Å²) < 4.78 is 24.8. The fourth-order valence-electron chi connectivity index (χ4n) is 2.80. The fraction of sp³-hybridized carbons (Fsp3) is 0.625. The first kappa shape index (κ1) is 15.3. The van der Waals surface area contributed by atoms with Gasteiger partial charge in [0, 0.05) is 30.3 Å². The number of hydrogen-bond acceptors (Lipinski definition) is 3. The maximum absolute atomic E-state index is 14.0. The Bertz CT molecular complexity index is 462. The van der Waals surface area contributed by atoms with Crippen LogP contribution in [-0.2, 0) is 4.74 Å². The van der Waals surface area contributed by atoms with Gasteiger partial charge in [-0.05, 0) is 39.7 Å². The predicted molar refractivity (Wildman–Crippen MR) is 77.6 cm³/mol. The molecule has 1 heterocycles. The summed E-state index contributed by atoms with van der Waals surface area (Å²) in [7, 11) is 1.54. The number of rotatable bonds is 4. The van der Waals surface area contributed by atoms with Crippen LogP contribution in [0.15, 0.2) is 18.2 Å². The van der Waals surface area contributed by atoms with Crippen LogP contribution in [0.1, 0.15) is 45.2 Å². The summed E-state index contributed by atoms with van der Waals surface area (Å²) in [6.45, 7) is 6.94. The summed E-state index contributed by atoms with van der Waals surface area (Å²) in [5.41, 5.74) is 0.573. The molecule has 0 spiro atoms. The molecule has 2 unspecified atom stereocenters. The highest BCUT2D eigenvalue weighted by Gasteiger charge is 2.29. The van der Waals surface area contributed by atoms with Gasteiger partial charge in [0.2, 0.25) is 0 Å². The topological polar surface area (TPSA) is 30.5 Å². The van der Waals surface area contributed by atoms with Crippen LogP contribution >= 0.6 is 0 Å². The Kier molecular flexibility index (Phi) is 4.66. The standard InChI is InChI=1S/C16H24FNO2/c1-11(14-6-5-13(19-4)9-15(14)17)18-12-7-8-20-16(2,3)10-12/h5-6,9,11-12,18H,7-8,10H2,1-4H3. The molecule has 1 aromatic carbocycles. The molecule has 0 saturated carbocycles. The van der Waals surface area contributed by atoms with Crippen molar-refractivity contribution in [3.63, 3.8) is 0 Å². The number of halogens is 1. The van der Waals surface area contributed by atoms with E-state index in [0.717, 1.165) is 19.4 Å². The van der Waals surface area contributed by atoms with Gasteiger partial charge in [0.05, 0.1) is 12.7 Å². The zero-order chi connectivity index (χ0) is 14.8. The maximum atomic E-state index is 14.0. The lowest BCUT2D eigenvalue weighted by molar-refractivity contribution is -0.0640. The molecule has 112 valence electrons. The smallest absolute Gasteiger partial charge is 0.131 e. The third-order valence-electron chi connectivity index (χ3n) is 3.86. The molecule has 1 N–H and O–H groups in total. The Hall–Kier alpha value is -1.13. The van der Waals surface area contributed by atoms with E-state index in [1.165, 1.54) is 6.07 Å². The molecule has 0 radical (unpaired) electrons. The zero-order valence-corrected chi connectivity index (χ0v) is 12.7. The third-order valence-corrected chi connectivity index (χ3v) is 3.86. The van der Waals surface area contributed by atoms with Gasteiger partial charge in [-0.2, -0.15) is 0 Å². The first-order valence-electron chi connectivity index (χ1n) is 7.15. The molecular weight excluding hydrogens is 257 g/mol. The first-order valence-corrected chi connectivity index (χ1v) is 7.15. The summed E-state index contributed by atoms with van der Waals surface area (Å²) in [6, 6.07) is 5.34. The largest absolute Gasteiger partial charge is 0.497 e. The Morgan fingerprint density at radius 1 is 1.45 bits per heavy atom. The van der Waals surface area contributed by atoms with Crippen LogP contribution in [-0.4, -0.2) is 25.4 Å². The van der Waals surface area contributed by atoms with Crippen LogP contribution in [0.5, 0.6) is 5.75 Å². The molecule has 1 saturated heterocycles. The van der Waals surface area contributed by atoms with Crippen molar-refractivity contribution in [1.82, 2.24) is 5.32 Å². The SMILES string of the molecule is COc1ccc(C(C)NC2CCOC(C)(C)C2)c(F)c1. The van der Waals surface area contributed by atoms with E-state index in [-0.39, 0.29) is 17.5 Å². The van der Waals surface area contributed by atoms with E-state index < -0.39 is 0 Å². The van der Waals surface area contributed by atoms with Gasteiger partial charge < -0.3 is 14.8 Å². The molecular formula is C16H24FNO2. The van der Waals surface area contributed by atoms with Gasteiger partial charge in [-0.15, -0.1) is 0 Å². The van der Waals surface area contributed by atoms with Gasteiger partial charge in [-0.1, -0.05) is 6.07 Å². The normalized spacial score (nSPS) is 23.4. The van der Waals surface area contributed by atoms with Gasteiger partial charge in [-0.25, -0.2) is 4.39 Å². The summed E-state index contributed by atoms with van der Waals surface area (Å²) in [5.74, 6) is 0.321. The van der Waals surface area contributed by atoms with E-state index in [2.05, 4.69) is 19.2 Å². The lowest BCUT2D eigenvalue weighted by atomic mass is 9.93. The van der Waals surface area contributed by atoms with E-state index in [1.54, 1.807) is 19.2 Å². The molecule has 0 aromatic heterocycles. The molecule has 3 nitrogen and oxygen atoms in total. The second-order valence-electron chi connectivity index (χ2n) is 6.07. The zero-order valence-electron chi connectivity index (χ0n) is 12.7. The van der Waals surface area contributed by atoms with E-state index in [9.17, 15) is 4.39 Å². The van der Waals surface area contributed by atoms with E-state index >= 15 is 0 Å². The molecule has 0 bridgehead atoms. The van der Waals surface area contributed by atoms with Gasteiger partial charge in [0.25, 0.3) is 0 Å². The number of methoxy groups -OCH3 is 1. The van der Waals surface area contributed by atoms with Crippen LogP contribution in [0.4, 0.5) is 4.39 Å². The van der Waals surface area contributed by atoms with Crippen molar-refractivity contribution >= 4 is 0 Å². The third kappa shape index (κ3) is 3.70. The minimum atomic E-state index is -0.226. The summed E-state index contributed by atoms with van der Waals surface area (Å²) in [4.78, 5) is 0. The molecule has 1 aliphatic heterocycles. The molecule has 2 atom stereocenters. The fourth-order valence-corrected chi connectivity index (χ4v) is 2.80. The van der Waals surface area contributed by atoms with Crippen LogP contribution < -0.4 is 10.1 Å². The molecule has 0 amide bonds. The van der Waals surface area contributed by atoms with Crippen molar-refractivity contribution in [3.05, 3.63) is 29.6 Å². The Morgan fingerprint density at radius 2 is 2.20 bits per heavy atom. The lowest BCUT2D eigenvalue weighted by Gasteiger charge is -2.37. The second kappa shape index (κ2) is 6.10.